The van der Waals surface area contributed by atoms with Crippen molar-refractivity contribution in [3.63, 3.8) is 0 Å². The molecule has 0 heterocycles. The summed E-state index contributed by atoms with van der Waals surface area (Å²) >= 11 is 0. The minimum atomic E-state index is -0.552. The number of aliphatic hydroxyl groups is 3. The molecule has 3 aliphatic rings. The van der Waals surface area contributed by atoms with Gasteiger partial charge in [-0.25, -0.2) is 0 Å². The molecular formula is C21H40B2O3. The van der Waals surface area contributed by atoms with Crippen LogP contribution in [0.15, 0.2) is 0 Å². The Balaban J connectivity index is 1.66. The van der Waals surface area contributed by atoms with E-state index in [1.165, 1.54) is 33.0 Å². The maximum atomic E-state index is 10.7. The Hall–Kier alpha value is 0.00987. The lowest BCUT2D eigenvalue weighted by Gasteiger charge is -2.46. The summed E-state index contributed by atoms with van der Waals surface area (Å²) in [7, 11) is 3.22. The van der Waals surface area contributed by atoms with E-state index in [1.54, 1.807) is 0 Å². The van der Waals surface area contributed by atoms with Gasteiger partial charge in [-0.15, -0.1) is 0 Å². The molecule has 3 rings (SSSR count). The lowest BCUT2D eigenvalue weighted by molar-refractivity contribution is 0.00846. The van der Waals surface area contributed by atoms with Gasteiger partial charge < -0.3 is 15.3 Å². The molecule has 0 aromatic rings. The number of hydrogen-bond acceptors (Lipinski definition) is 3. The van der Waals surface area contributed by atoms with Gasteiger partial charge in [-0.2, -0.15) is 0 Å². The highest BCUT2D eigenvalue weighted by molar-refractivity contribution is 6.39. The number of rotatable bonds is 2. The fourth-order valence-electron chi connectivity index (χ4n) is 6.45. The van der Waals surface area contributed by atoms with Crippen molar-refractivity contribution in [2.24, 2.45) is 11.8 Å². The van der Waals surface area contributed by atoms with Crippen LogP contribution in [0.1, 0.15) is 90.4 Å². The van der Waals surface area contributed by atoms with Crippen molar-refractivity contribution in [3.8, 4) is 0 Å². The number of hydrogen-bond donors (Lipinski definition) is 3. The first-order valence-electron chi connectivity index (χ1n) is 11.4. The molecule has 0 saturated heterocycles. The zero-order chi connectivity index (χ0) is 18.8. The van der Waals surface area contributed by atoms with E-state index < -0.39 is 11.1 Å². The van der Waals surface area contributed by atoms with Crippen molar-refractivity contribution in [1.82, 2.24) is 0 Å². The average Bonchev–Trinajstić information content (AvgIpc) is 2.51. The SMILES string of the molecule is BC1(O)CCCCC2C(BC3CCCCC(C)(O)CC3)CC(O)CC2C1. The summed E-state index contributed by atoms with van der Waals surface area (Å²) in [5.74, 6) is 2.46. The first-order chi connectivity index (χ1) is 12.2. The third-order valence-corrected chi connectivity index (χ3v) is 7.87. The fourth-order valence-corrected chi connectivity index (χ4v) is 6.45. The molecule has 0 aromatic heterocycles. The van der Waals surface area contributed by atoms with Crippen LogP contribution in [0.25, 0.3) is 0 Å². The molecule has 3 nitrogen and oxygen atoms in total. The standard InChI is InChI=1S/C21H40B2O3/c1-20(25)9-4-2-6-16(8-11-20)23-19-13-17(24)12-15-14-21(22,26)10-5-3-7-18(15)19/h15-19,23-26H,2-14,22H2,1H3. The molecule has 0 aliphatic heterocycles. The van der Waals surface area contributed by atoms with Crippen LogP contribution in [-0.2, 0) is 0 Å². The highest BCUT2D eigenvalue weighted by Crippen LogP contribution is 2.48. The summed E-state index contributed by atoms with van der Waals surface area (Å²) in [6.45, 7) is 2.01. The molecule has 0 radical (unpaired) electrons. The normalized spacial score (nSPS) is 48.4. The Labute approximate surface area is 162 Å². The summed E-state index contributed by atoms with van der Waals surface area (Å²) in [5.41, 5.74) is -1.03. The van der Waals surface area contributed by atoms with Crippen LogP contribution in [0, 0.1) is 11.8 Å². The monoisotopic (exact) mass is 362 g/mol. The molecule has 0 bridgehead atoms. The van der Waals surface area contributed by atoms with Gasteiger partial charge in [-0.05, 0) is 57.3 Å². The summed E-state index contributed by atoms with van der Waals surface area (Å²) < 4.78 is 0. The molecule has 7 atom stereocenters. The van der Waals surface area contributed by atoms with Gasteiger partial charge in [0.25, 0.3) is 0 Å². The van der Waals surface area contributed by atoms with E-state index in [2.05, 4.69) is 0 Å². The van der Waals surface area contributed by atoms with Crippen molar-refractivity contribution in [1.29, 1.82) is 0 Å². The van der Waals surface area contributed by atoms with Gasteiger partial charge in [0, 0.05) is 5.50 Å². The second kappa shape index (κ2) is 8.57. The largest absolute Gasteiger partial charge is 0.399 e. The van der Waals surface area contributed by atoms with Gasteiger partial charge in [-0.1, -0.05) is 56.6 Å². The molecule has 26 heavy (non-hydrogen) atoms. The van der Waals surface area contributed by atoms with E-state index in [1.807, 2.05) is 14.8 Å². The maximum Gasteiger partial charge on any atom is 0.142 e. The molecule has 0 spiro atoms. The van der Waals surface area contributed by atoms with Crippen molar-refractivity contribution in [2.45, 2.75) is 119 Å². The van der Waals surface area contributed by atoms with Gasteiger partial charge in [-0.3, -0.25) is 0 Å². The molecule has 0 aromatic carbocycles. The molecular weight excluding hydrogens is 322 g/mol. The van der Waals surface area contributed by atoms with Crippen molar-refractivity contribution >= 4 is 15.1 Å². The van der Waals surface area contributed by atoms with Crippen LogP contribution in [0.3, 0.4) is 0 Å². The second-order valence-corrected chi connectivity index (χ2v) is 10.6. The summed E-state index contributed by atoms with van der Waals surface area (Å²) in [6.07, 6.45) is 13.7. The Morgan fingerprint density at radius 2 is 1.65 bits per heavy atom. The zero-order valence-electron chi connectivity index (χ0n) is 17.1. The Bertz CT molecular complexity index is 455. The first-order valence-corrected chi connectivity index (χ1v) is 11.4. The predicted octanol–water partition coefficient (Wildman–Crippen LogP) is 2.78. The van der Waals surface area contributed by atoms with Crippen LogP contribution in [0.2, 0.25) is 11.6 Å². The van der Waals surface area contributed by atoms with Crippen LogP contribution < -0.4 is 0 Å². The molecule has 0 amide bonds. The van der Waals surface area contributed by atoms with E-state index in [4.69, 9.17) is 0 Å². The third-order valence-electron chi connectivity index (χ3n) is 7.87. The van der Waals surface area contributed by atoms with E-state index in [0.29, 0.717) is 23.5 Å². The van der Waals surface area contributed by atoms with Gasteiger partial charge in [0.2, 0.25) is 0 Å². The zero-order valence-corrected chi connectivity index (χ0v) is 17.1. The molecule has 3 saturated carbocycles. The maximum absolute atomic E-state index is 10.7. The highest BCUT2D eigenvalue weighted by Gasteiger charge is 2.42. The molecule has 3 fully saturated rings. The van der Waals surface area contributed by atoms with Crippen molar-refractivity contribution in [3.05, 3.63) is 0 Å². The Morgan fingerprint density at radius 3 is 2.46 bits per heavy atom. The highest BCUT2D eigenvalue weighted by atomic mass is 16.3. The van der Waals surface area contributed by atoms with Gasteiger partial charge >= 0.3 is 0 Å². The molecule has 148 valence electrons. The summed E-state index contributed by atoms with van der Waals surface area (Å²) in [4.78, 5) is 0. The first kappa shape index (κ1) is 20.7. The second-order valence-electron chi connectivity index (χ2n) is 10.6. The summed E-state index contributed by atoms with van der Waals surface area (Å²) in [6, 6.07) is 0. The van der Waals surface area contributed by atoms with Crippen molar-refractivity contribution < 1.29 is 15.3 Å². The van der Waals surface area contributed by atoms with E-state index in [0.717, 1.165) is 57.8 Å². The van der Waals surface area contributed by atoms with Gasteiger partial charge in [0.15, 0.2) is 0 Å². The predicted molar refractivity (Wildman–Crippen MR) is 112 cm³/mol. The topological polar surface area (TPSA) is 60.7 Å². The fraction of sp³-hybridized carbons (Fsp3) is 1.00. The third kappa shape index (κ3) is 5.75. The minimum Gasteiger partial charge on any atom is -0.399 e. The summed E-state index contributed by atoms with van der Waals surface area (Å²) in [5, 5.41) is 31.8. The Morgan fingerprint density at radius 1 is 0.923 bits per heavy atom. The number of fused-ring (bicyclic) bond motifs is 1. The lowest BCUT2D eigenvalue weighted by atomic mass is 9.43. The van der Waals surface area contributed by atoms with E-state index in [9.17, 15) is 15.3 Å². The van der Waals surface area contributed by atoms with Crippen LogP contribution in [-0.4, -0.2) is 47.7 Å². The van der Waals surface area contributed by atoms with Gasteiger partial charge in [0.1, 0.15) is 15.1 Å². The van der Waals surface area contributed by atoms with Gasteiger partial charge in [0.05, 0.1) is 11.7 Å². The number of aliphatic hydroxyl groups excluding tert-OH is 1. The van der Waals surface area contributed by atoms with Crippen LogP contribution in [0.5, 0.6) is 0 Å². The van der Waals surface area contributed by atoms with E-state index >= 15 is 0 Å². The average molecular weight is 362 g/mol. The molecule has 5 heteroatoms. The smallest absolute Gasteiger partial charge is 0.142 e. The molecule has 7 unspecified atom stereocenters. The van der Waals surface area contributed by atoms with Crippen molar-refractivity contribution in [2.75, 3.05) is 0 Å². The van der Waals surface area contributed by atoms with Crippen LogP contribution in [0.4, 0.5) is 0 Å². The minimum absolute atomic E-state index is 0.187. The lowest BCUT2D eigenvalue weighted by Crippen LogP contribution is -2.42. The molecule has 3 aliphatic carbocycles. The van der Waals surface area contributed by atoms with E-state index in [-0.39, 0.29) is 6.10 Å². The molecule has 3 N–H and O–H groups in total. The quantitative estimate of drug-likeness (QED) is 0.662. The van der Waals surface area contributed by atoms with Crippen LogP contribution >= 0.6 is 0 Å². The Kier molecular flexibility index (Phi) is 6.84.